The summed E-state index contributed by atoms with van der Waals surface area (Å²) < 4.78 is 4.75. The molecule has 1 aromatic carbocycles. The third kappa shape index (κ3) is 2.70. The fourth-order valence-electron chi connectivity index (χ4n) is 1.75. The number of hydrogen-bond acceptors (Lipinski definition) is 6. The van der Waals surface area contributed by atoms with Gasteiger partial charge in [-0.15, -0.1) is 0 Å². The van der Waals surface area contributed by atoms with Gasteiger partial charge in [0.15, 0.2) is 11.4 Å². The molecule has 0 aliphatic rings. The number of ether oxygens (including phenoxy) is 1. The zero-order chi connectivity index (χ0) is 14.5. The van der Waals surface area contributed by atoms with E-state index in [2.05, 4.69) is 9.97 Å². The van der Waals surface area contributed by atoms with E-state index in [1.54, 1.807) is 24.3 Å². The summed E-state index contributed by atoms with van der Waals surface area (Å²) in [6, 6.07) is 6.87. The molecule has 0 aliphatic carbocycles. The molecule has 6 heteroatoms. The minimum absolute atomic E-state index is 0.333. The highest BCUT2D eigenvalue weighted by Crippen LogP contribution is 2.26. The molecule has 0 spiro atoms. The lowest BCUT2D eigenvalue weighted by atomic mass is 10.0. The molecule has 0 atom stereocenters. The molecule has 5 nitrogen and oxygen atoms in total. The number of nitrogens with zero attached hydrogens (tertiary/aromatic N) is 2. The van der Waals surface area contributed by atoms with Gasteiger partial charge in [-0.1, -0.05) is 30.0 Å². The van der Waals surface area contributed by atoms with Crippen molar-refractivity contribution < 1.29 is 14.3 Å². The largest absolute Gasteiger partial charge is 0.465 e. The summed E-state index contributed by atoms with van der Waals surface area (Å²) in [7, 11) is 1.31. The smallest absolute Gasteiger partial charge is 0.338 e. The molecule has 0 N–H and O–H groups in total. The molecule has 1 aromatic heterocycles. The highest BCUT2D eigenvalue weighted by atomic mass is 32.2. The number of methoxy groups -OCH3 is 1. The van der Waals surface area contributed by atoms with Crippen molar-refractivity contribution in [3.05, 3.63) is 41.6 Å². The van der Waals surface area contributed by atoms with Gasteiger partial charge in [0.25, 0.3) is 0 Å². The van der Waals surface area contributed by atoms with Gasteiger partial charge in [-0.3, -0.25) is 4.79 Å². The number of aromatic nitrogens is 2. The molecule has 102 valence electrons. The second-order valence-corrected chi connectivity index (χ2v) is 4.59. The van der Waals surface area contributed by atoms with Crippen molar-refractivity contribution in [1.82, 2.24) is 9.97 Å². The molecule has 0 fully saturated rings. The van der Waals surface area contributed by atoms with Crippen molar-refractivity contribution in [2.24, 2.45) is 0 Å². The van der Waals surface area contributed by atoms with Gasteiger partial charge < -0.3 is 4.74 Å². The predicted molar refractivity (Wildman–Crippen MR) is 76.0 cm³/mol. The number of carbonyl (C=O) groups excluding carboxylic acids is 2. The first-order valence-electron chi connectivity index (χ1n) is 5.75. The number of benzene rings is 1. The van der Waals surface area contributed by atoms with Crippen LogP contribution in [0.4, 0.5) is 0 Å². The highest BCUT2D eigenvalue weighted by Gasteiger charge is 2.17. The van der Waals surface area contributed by atoms with Crippen molar-refractivity contribution in [2.75, 3.05) is 13.4 Å². The lowest BCUT2D eigenvalue weighted by molar-refractivity contribution is 0.0601. The second kappa shape index (κ2) is 6.29. The summed E-state index contributed by atoms with van der Waals surface area (Å²) in [6.07, 6.45) is 3.97. The molecule has 0 unspecified atom stereocenters. The van der Waals surface area contributed by atoms with Gasteiger partial charge in [0.05, 0.1) is 23.9 Å². The van der Waals surface area contributed by atoms with E-state index >= 15 is 0 Å². The molecular weight excluding hydrogens is 276 g/mol. The Balaban J connectivity index is 2.67. The first-order valence-corrected chi connectivity index (χ1v) is 6.97. The van der Waals surface area contributed by atoms with E-state index in [-0.39, 0.29) is 0 Å². The fourth-order valence-corrected chi connectivity index (χ4v) is 2.09. The van der Waals surface area contributed by atoms with E-state index in [9.17, 15) is 9.59 Å². The van der Waals surface area contributed by atoms with Crippen LogP contribution in [0.25, 0.3) is 11.3 Å². The van der Waals surface area contributed by atoms with Crippen LogP contribution in [0, 0.1) is 0 Å². The Kier molecular flexibility index (Phi) is 4.47. The molecule has 0 bridgehead atoms. The highest BCUT2D eigenvalue weighted by molar-refractivity contribution is 7.98. The number of carbonyl (C=O) groups is 2. The molecule has 0 saturated carbocycles. The standard InChI is InChI=1S/C14H12N2O3S/c1-19-13(18)11-6-4-3-5-10(11)12-9(8-17)7-15-14(16-12)20-2/h3-8H,1-2H3. The SMILES string of the molecule is COC(=O)c1ccccc1-c1nc(SC)ncc1C=O. The van der Waals surface area contributed by atoms with Gasteiger partial charge in [0.2, 0.25) is 0 Å². The summed E-state index contributed by atoms with van der Waals surface area (Å²) in [5, 5.41) is 0.533. The van der Waals surface area contributed by atoms with Gasteiger partial charge >= 0.3 is 5.97 Å². The number of aldehydes is 1. The summed E-state index contributed by atoms with van der Waals surface area (Å²) in [4.78, 5) is 31.3. The Labute approximate surface area is 120 Å². The third-order valence-electron chi connectivity index (χ3n) is 2.69. The lowest BCUT2D eigenvalue weighted by Gasteiger charge is -2.09. The molecule has 0 amide bonds. The van der Waals surface area contributed by atoms with Crippen LogP contribution >= 0.6 is 11.8 Å². The second-order valence-electron chi connectivity index (χ2n) is 3.82. The fraction of sp³-hybridized carbons (Fsp3) is 0.143. The maximum Gasteiger partial charge on any atom is 0.338 e. The first kappa shape index (κ1) is 14.2. The predicted octanol–water partition coefficient (Wildman–Crippen LogP) is 2.46. The van der Waals surface area contributed by atoms with Crippen LogP contribution in [-0.4, -0.2) is 35.6 Å². The maximum atomic E-state index is 11.8. The van der Waals surface area contributed by atoms with Crippen molar-refractivity contribution >= 4 is 24.0 Å². The average molecular weight is 288 g/mol. The minimum Gasteiger partial charge on any atom is -0.465 e. The summed E-state index contributed by atoms with van der Waals surface area (Å²) >= 11 is 1.36. The Bertz CT molecular complexity index is 659. The van der Waals surface area contributed by atoms with Crippen molar-refractivity contribution in [1.29, 1.82) is 0 Å². The number of rotatable bonds is 4. The molecule has 1 heterocycles. The summed E-state index contributed by atoms with van der Waals surface area (Å²) in [6.45, 7) is 0. The van der Waals surface area contributed by atoms with Gasteiger partial charge in [-0.05, 0) is 12.3 Å². The summed E-state index contributed by atoms with van der Waals surface area (Å²) in [5.41, 5.74) is 1.68. The van der Waals surface area contributed by atoms with Crippen LogP contribution in [0.1, 0.15) is 20.7 Å². The number of esters is 1. The topological polar surface area (TPSA) is 69.2 Å². The molecule has 0 aliphatic heterocycles. The van der Waals surface area contributed by atoms with E-state index in [1.807, 2.05) is 6.26 Å². The van der Waals surface area contributed by atoms with Crippen LogP contribution in [0.5, 0.6) is 0 Å². The van der Waals surface area contributed by atoms with Crippen LogP contribution < -0.4 is 0 Å². The lowest BCUT2D eigenvalue weighted by Crippen LogP contribution is -2.06. The summed E-state index contributed by atoms with van der Waals surface area (Å²) in [5.74, 6) is -0.471. The van der Waals surface area contributed by atoms with E-state index in [0.717, 1.165) is 0 Å². The van der Waals surface area contributed by atoms with Gasteiger partial charge in [0, 0.05) is 11.8 Å². The van der Waals surface area contributed by atoms with Crippen LogP contribution in [-0.2, 0) is 4.74 Å². The van der Waals surface area contributed by atoms with Crippen molar-refractivity contribution in [3.8, 4) is 11.3 Å². The quantitative estimate of drug-likeness (QED) is 0.372. The monoisotopic (exact) mass is 288 g/mol. The Hall–Kier alpha value is -2.21. The molecule has 0 saturated heterocycles. The molecule has 2 rings (SSSR count). The van der Waals surface area contributed by atoms with Crippen LogP contribution in [0.2, 0.25) is 0 Å². The van der Waals surface area contributed by atoms with E-state index in [0.29, 0.717) is 33.8 Å². The normalized spacial score (nSPS) is 10.1. The third-order valence-corrected chi connectivity index (χ3v) is 3.25. The molecule has 2 aromatic rings. The van der Waals surface area contributed by atoms with Gasteiger partial charge in [0.1, 0.15) is 0 Å². The van der Waals surface area contributed by atoms with E-state index in [1.165, 1.54) is 25.1 Å². The Morgan fingerprint density at radius 3 is 2.75 bits per heavy atom. The zero-order valence-electron chi connectivity index (χ0n) is 11.0. The van der Waals surface area contributed by atoms with Crippen LogP contribution in [0.15, 0.2) is 35.6 Å². The van der Waals surface area contributed by atoms with Crippen molar-refractivity contribution in [2.45, 2.75) is 5.16 Å². The number of thioether (sulfide) groups is 1. The zero-order valence-corrected chi connectivity index (χ0v) is 11.8. The maximum absolute atomic E-state index is 11.8. The van der Waals surface area contributed by atoms with E-state index < -0.39 is 5.97 Å². The van der Waals surface area contributed by atoms with Crippen molar-refractivity contribution in [3.63, 3.8) is 0 Å². The van der Waals surface area contributed by atoms with Crippen LogP contribution in [0.3, 0.4) is 0 Å². The van der Waals surface area contributed by atoms with Gasteiger partial charge in [-0.2, -0.15) is 0 Å². The van der Waals surface area contributed by atoms with Gasteiger partial charge in [-0.25, -0.2) is 14.8 Å². The minimum atomic E-state index is -0.471. The molecular formula is C14H12N2O3S. The number of hydrogen-bond donors (Lipinski definition) is 0. The van der Waals surface area contributed by atoms with E-state index in [4.69, 9.17) is 4.74 Å². The average Bonchev–Trinajstić information content (AvgIpc) is 2.53. The Morgan fingerprint density at radius 1 is 1.35 bits per heavy atom. The molecule has 20 heavy (non-hydrogen) atoms. The Morgan fingerprint density at radius 2 is 2.10 bits per heavy atom. The molecule has 0 radical (unpaired) electrons. The first-order chi connectivity index (χ1) is 9.71.